The Labute approximate surface area is 191 Å². The number of aliphatic carboxylic acids is 1. The monoisotopic (exact) mass is 521 g/mol. The third-order valence-electron chi connectivity index (χ3n) is 7.04. The van der Waals surface area contributed by atoms with E-state index in [1.54, 1.807) is 36.4 Å². The average Bonchev–Trinajstić information content (AvgIpc) is 3.05. The molecule has 1 fully saturated rings. The van der Waals surface area contributed by atoms with E-state index in [9.17, 15) is 19.5 Å². The van der Waals surface area contributed by atoms with E-state index in [1.807, 2.05) is 36.4 Å². The van der Waals surface area contributed by atoms with Crippen LogP contribution < -0.4 is 4.90 Å². The summed E-state index contributed by atoms with van der Waals surface area (Å²) in [6.07, 6.45) is 0. The lowest BCUT2D eigenvalue weighted by Gasteiger charge is -2.51. The van der Waals surface area contributed by atoms with E-state index in [2.05, 4.69) is 22.6 Å². The number of carboxylic acids is 1. The number of hydrogen-bond donors (Lipinski definition) is 1. The maximum Gasteiger partial charge on any atom is 0.319 e. The number of carbonyl (C=O) groups is 3. The van der Waals surface area contributed by atoms with Crippen LogP contribution in [0.5, 0.6) is 0 Å². The number of halogens is 1. The van der Waals surface area contributed by atoms with Crippen molar-refractivity contribution in [3.63, 3.8) is 0 Å². The van der Waals surface area contributed by atoms with Gasteiger partial charge in [-0.1, -0.05) is 48.5 Å². The molecule has 2 amide bonds. The average molecular weight is 521 g/mol. The number of carboxylic acid groups (broad SMARTS) is 1. The van der Waals surface area contributed by atoms with Gasteiger partial charge in [0.15, 0.2) is 0 Å². The van der Waals surface area contributed by atoms with Gasteiger partial charge in [0.2, 0.25) is 11.8 Å². The molecule has 2 atom stereocenters. The summed E-state index contributed by atoms with van der Waals surface area (Å²) in [6.45, 7) is 0. The topological polar surface area (TPSA) is 74.7 Å². The first kappa shape index (κ1) is 18.7. The summed E-state index contributed by atoms with van der Waals surface area (Å²) in [4.78, 5) is 41.8. The predicted molar refractivity (Wildman–Crippen MR) is 122 cm³/mol. The molecule has 3 aromatic rings. The molecule has 2 bridgehead atoms. The number of hydrogen-bond acceptors (Lipinski definition) is 3. The van der Waals surface area contributed by atoms with Gasteiger partial charge < -0.3 is 5.11 Å². The number of imide groups is 1. The molecule has 5 nitrogen and oxygen atoms in total. The lowest BCUT2D eigenvalue weighted by molar-refractivity contribution is -0.149. The number of anilines is 1. The summed E-state index contributed by atoms with van der Waals surface area (Å²) in [5, 5.41) is 10.7. The lowest BCUT2D eigenvalue weighted by atomic mass is 9.47. The minimum absolute atomic E-state index is 0.323. The molecular formula is C25H16INO4. The Morgan fingerprint density at radius 1 is 0.839 bits per heavy atom. The SMILES string of the molecule is O=C1C2C3c4ccccc4C(C(=O)O)(c4ccccc43)C2C(=O)N1c1ccc(I)cc1. The van der Waals surface area contributed by atoms with Crippen LogP contribution in [0.25, 0.3) is 0 Å². The molecule has 1 saturated heterocycles. The lowest BCUT2D eigenvalue weighted by Crippen LogP contribution is -2.57. The van der Waals surface area contributed by atoms with Crippen molar-refractivity contribution >= 4 is 46.1 Å². The van der Waals surface area contributed by atoms with E-state index in [1.165, 1.54) is 4.90 Å². The van der Waals surface area contributed by atoms with Crippen molar-refractivity contribution < 1.29 is 19.5 Å². The van der Waals surface area contributed by atoms with Gasteiger partial charge in [0.1, 0.15) is 5.41 Å². The number of rotatable bonds is 2. The molecule has 0 spiro atoms. The zero-order chi connectivity index (χ0) is 21.5. The van der Waals surface area contributed by atoms with E-state index in [-0.39, 0.29) is 11.8 Å². The highest BCUT2D eigenvalue weighted by Gasteiger charge is 2.71. The van der Waals surface area contributed by atoms with E-state index in [0.717, 1.165) is 14.7 Å². The van der Waals surface area contributed by atoms with E-state index in [4.69, 9.17) is 0 Å². The molecule has 1 heterocycles. The van der Waals surface area contributed by atoms with Crippen LogP contribution in [-0.2, 0) is 19.8 Å². The summed E-state index contributed by atoms with van der Waals surface area (Å²) in [5.74, 6) is -3.92. The Bertz CT molecular complexity index is 1250. The first-order valence-corrected chi connectivity index (χ1v) is 11.1. The molecule has 1 aliphatic heterocycles. The summed E-state index contributed by atoms with van der Waals surface area (Å²) >= 11 is 2.17. The minimum Gasteiger partial charge on any atom is -0.480 e. The van der Waals surface area contributed by atoms with Crippen molar-refractivity contribution in [3.05, 3.63) is 98.6 Å². The Morgan fingerprint density at radius 2 is 1.39 bits per heavy atom. The summed E-state index contributed by atoms with van der Waals surface area (Å²) in [6, 6.07) is 21.9. The van der Waals surface area contributed by atoms with Crippen LogP contribution in [-0.4, -0.2) is 22.9 Å². The van der Waals surface area contributed by atoms with Crippen LogP contribution in [0.1, 0.15) is 28.2 Å². The van der Waals surface area contributed by atoms with E-state index in [0.29, 0.717) is 16.8 Å². The molecule has 2 unspecified atom stereocenters. The third-order valence-corrected chi connectivity index (χ3v) is 7.76. The number of carbonyl (C=O) groups excluding carboxylic acids is 2. The van der Waals surface area contributed by atoms with Crippen LogP contribution in [0.3, 0.4) is 0 Å². The highest BCUT2D eigenvalue weighted by Crippen LogP contribution is 2.64. The van der Waals surface area contributed by atoms with Gasteiger partial charge in [0.05, 0.1) is 17.5 Å². The Hall–Kier alpha value is -3.00. The predicted octanol–water partition coefficient (Wildman–Crippen LogP) is 3.93. The summed E-state index contributed by atoms with van der Waals surface area (Å²) in [5.41, 5.74) is 1.80. The highest BCUT2D eigenvalue weighted by molar-refractivity contribution is 14.1. The van der Waals surface area contributed by atoms with Crippen molar-refractivity contribution in [3.8, 4) is 0 Å². The van der Waals surface area contributed by atoms with Crippen LogP contribution in [0.2, 0.25) is 0 Å². The minimum atomic E-state index is -1.59. The number of amides is 2. The fourth-order valence-corrected chi connectivity index (χ4v) is 6.34. The van der Waals surface area contributed by atoms with E-state index < -0.39 is 29.1 Å². The maximum absolute atomic E-state index is 13.8. The van der Waals surface area contributed by atoms with Crippen molar-refractivity contribution in [1.29, 1.82) is 0 Å². The van der Waals surface area contributed by atoms with Crippen LogP contribution >= 0.6 is 22.6 Å². The second kappa shape index (κ2) is 6.26. The molecule has 152 valence electrons. The van der Waals surface area contributed by atoms with Crippen LogP contribution in [0.15, 0.2) is 72.8 Å². The molecule has 3 aromatic carbocycles. The smallest absolute Gasteiger partial charge is 0.319 e. The zero-order valence-corrected chi connectivity index (χ0v) is 18.3. The van der Waals surface area contributed by atoms with Gasteiger partial charge in [0, 0.05) is 9.49 Å². The molecule has 1 N–H and O–H groups in total. The van der Waals surface area contributed by atoms with Crippen molar-refractivity contribution in [2.75, 3.05) is 4.90 Å². The normalized spacial score (nSPS) is 27.6. The molecule has 0 radical (unpaired) electrons. The summed E-state index contributed by atoms with van der Waals surface area (Å²) in [7, 11) is 0. The molecule has 0 saturated carbocycles. The number of benzene rings is 3. The first-order valence-electron chi connectivity index (χ1n) is 10.0. The zero-order valence-electron chi connectivity index (χ0n) is 16.2. The van der Waals surface area contributed by atoms with Gasteiger partial charge >= 0.3 is 5.97 Å². The molecule has 31 heavy (non-hydrogen) atoms. The largest absolute Gasteiger partial charge is 0.480 e. The Morgan fingerprint density at radius 3 is 1.94 bits per heavy atom. The molecule has 3 aliphatic carbocycles. The van der Waals surface area contributed by atoms with E-state index >= 15 is 0 Å². The van der Waals surface area contributed by atoms with Gasteiger partial charge in [0.25, 0.3) is 0 Å². The van der Waals surface area contributed by atoms with Gasteiger partial charge in [-0.25, -0.2) is 4.90 Å². The van der Waals surface area contributed by atoms with Crippen LogP contribution in [0, 0.1) is 15.4 Å². The fraction of sp³-hybridized carbons (Fsp3) is 0.160. The Kier molecular flexibility index (Phi) is 3.78. The van der Waals surface area contributed by atoms with Gasteiger partial charge in [-0.3, -0.25) is 14.4 Å². The fourth-order valence-electron chi connectivity index (χ4n) is 5.98. The highest BCUT2D eigenvalue weighted by atomic mass is 127. The molecule has 4 aliphatic rings. The van der Waals surface area contributed by atoms with Crippen molar-refractivity contribution in [2.45, 2.75) is 11.3 Å². The van der Waals surface area contributed by atoms with Gasteiger partial charge in [-0.2, -0.15) is 0 Å². The molecule has 7 rings (SSSR count). The quantitative estimate of drug-likeness (QED) is 0.410. The Balaban J connectivity index is 1.67. The molecule has 6 heteroatoms. The van der Waals surface area contributed by atoms with Gasteiger partial charge in [-0.15, -0.1) is 0 Å². The van der Waals surface area contributed by atoms with Crippen molar-refractivity contribution in [1.82, 2.24) is 0 Å². The molecular weight excluding hydrogens is 505 g/mol. The van der Waals surface area contributed by atoms with Crippen LogP contribution in [0.4, 0.5) is 5.69 Å². The van der Waals surface area contributed by atoms with Crippen molar-refractivity contribution in [2.24, 2.45) is 11.8 Å². The maximum atomic E-state index is 13.8. The van der Waals surface area contributed by atoms with Gasteiger partial charge in [-0.05, 0) is 69.1 Å². The second-order valence-corrected chi connectivity index (χ2v) is 9.50. The second-order valence-electron chi connectivity index (χ2n) is 8.26. The third kappa shape index (κ3) is 2.13. The molecule has 0 aromatic heterocycles. The first-order chi connectivity index (χ1) is 15.0. The standard InChI is InChI=1S/C25H16INO4/c26-13-9-11-14(12-10-13)27-22(28)20-19-15-5-1-3-7-17(15)25(24(30)31,21(20)23(27)29)18-8-4-2-6-16(18)19/h1-12,19-21H,(H,30,31). The summed E-state index contributed by atoms with van der Waals surface area (Å²) < 4.78 is 0.986. The number of nitrogens with zero attached hydrogens (tertiary/aromatic N) is 1.